The number of carbonyl (C=O) groups excluding carboxylic acids is 4. The van der Waals surface area contributed by atoms with E-state index in [4.69, 9.17) is 4.74 Å². The number of nitrogens with zero attached hydrogens (tertiary/aromatic N) is 2. The zero-order valence-electron chi connectivity index (χ0n) is 18.6. The number of benzene rings is 2. The van der Waals surface area contributed by atoms with Crippen molar-refractivity contribution >= 4 is 51.0 Å². The average molecular weight is 523 g/mol. The van der Waals surface area contributed by atoms with Gasteiger partial charge in [-0.1, -0.05) is 33.6 Å². The minimum absolute atomic E-state index is 0.0629. The SMILES string of the molecule is CC1=CC[C@@H]2C(=O)N(c3cccc(OC(=O)[C@H]4CC(=O)N(c5ccc(Br)cc5)C4)c3)C(=O)[C@@H]2C1. The van der Waals surface area contributed by atoms with Crippen LogP contribution in [0.4, 0.5) is 11.4 Å². The second kappa shape index (κ2) is 8.83. The van der Waals surface area contributed by atoms with Crippen LogP contribution in [-0.4, -0.2) is 30.2 Å². The van der Waals surface area contributed by atoms with E-state index in [0.717, 1.165) is 15.7 Å². The van der Waals surface area contributed by atoms with Gasteiger partial charge in [0.05, 0.1) is 23.4 Å². The van der Waals surface area contributed by atoms with Crippen molar-refractivity contribution < 1.29 is 23.9 Å². The number of allylic oxidation sites excluding steroid dienone is 2. The van der Waals surface area contributed by atoms with Crippen LogP contribution in [0.3, 0.4) is 0 Å². The third-order valence-corrected chi connectivity index (χ3v) is 7.24. The Labute approximate surface area is 205 Å². The van der Waals surface area contributed by atoms with Crippen molar-refractivity contribution in [3.8, 4) is 5.75 Å². The third-order valence-electron chi connectivity index (χ3n) is 6.71. The van der Waals surface area contributed by atoms with Crippen LogP contribution >= 0.6 is 15.9 Å². The maximum atomic E-state index is 13.0. The summed E-state index contributed by atoms with van der Waals surface area (Å²) in [6.07, 6.45) is 3.24. The lowest BCUT2D eigenvalue weighted by molar-refractivity contribution is -0.139. The highest BCUT2D eigenvalue weighted by Gasteiger charge is 2.48. The number of amides is 3. The molecule has 2 heterocycles. The summed E-state index contributed by atoms with van der Waals surface area (Å²) in [5.74, 6) is -2.12. The smallest absolute Gasteiger partial charge is 0.316 e. The largest absolute Gasteiger partial charge is 0.426 e. The van der Waals surface area contributed by atoms with Gasteiger partial charge in [-0.2, -0.15) is 0 Å². The molecule has 7 nitrogen and oxygen atoms in total. The zero-order valence-corrected chi connectivity index (χ0v) is 20.2. The number of rotatable bonds is 4. The molecule has 0 spiro atoms. The van der Waals surface area contributed by atoms with Crippen molar-refractivity contribution in [1.29, 1.82) is 0 Å². The van der Waals surface area contributed by atoms with Gasteiger partial charge < -0.3 is 9.64 Å². The highest BCUT2D eigenvalue weighted by Crippen LogP contribution is 2.40. The van der Waals surface area contributed by atoms with Gasteiger partial charge in [0.1, 0.15) is 5.75 Å². The summed E-state index contributed by atoms with van der Waals surface area (Å²) >= 11 is 3.37. The molecule has 174 valence electrons. The molecule has 2 fully saturated rings. The maximum Gasteiger partial charge on any atom is 0.316 e. The Balaban J connectivity index is 1.29. The number of ether oxygens (including phenoxy) is 1. The van der Waals surface area contributed by atoms with Gasteiger partial charge in [-0.3, -0.25) is 19.2 Å². The molecule has 0 N–H and O–H groups in total. The fraction of sp³-hybridized carbons (Fsp3) is 0.308. The predicted octanol–water partition coefficient (Wildman–Crippen LogP) is 4.25. The standard InChI is InChI=1S/C26H23BrN2O5/c1-15-5-10-21-22(11-15)25(32)29(24(21)31)19-3-2-4-20(13-19)34-26(33)16-12-23(30)28(14-16)18-8-6-17(27)7-9-18/h2-9,13,16,21-22H,10-12,14H2,1H3/t16-,21-,22+/m0/s1. The molecule has 2 aromatic carbocycles. The molecule has 2 aromatic rings. The van der Waals surface area contributed by atoms with Crippen LogP contribution in [0, 0.1) is 17.8 Å². The molecule has 3 aliphatic rings. The monoisotopic (exact) mass is 522 g/mol. The van der Waals surface area contributed by atoms with Gasteiger partial charge >= 0.3 is 5.97 Å². The van der Waals surface area contributed by atoms with Gasteiger partial charge in [0.2, 0.25) is 17.7 Å². The Hall–Kier alpha value is -3.26. The molecule has 3 atom stereocenters. The molecule has 34 heavy (non-hydrogen) atoms. The summed E-state index contributed by atoms with van der Waals surface area (Å²) in [7, 11) is 0. The Morgan fingerprint density at radius 1 is 0.971 bits per heavy atom. The summed E-state index contributed by atoms with van der Waals surface area (Å²) in [6, 6.07) is 13.8. The summed E-state index contributed by atoms with van der Waals surface area (Å²) in [5, 5.41) is 0. The van der Waals surface area contributed by atoms with Crippen LogP contribution in [-0.2, 0) is 19.2 Å². The summed E-state index contributed by atoms with van der Waals surface area (Å²) < 4.78 is 6.47. The third kappa shape index (κ3) is 4.07. The summed E-state index contributed by atoms with van der Waals surface area (Å²) in [5.41, 5.74) is 2.24. The first-order valence-corrected chi connectivity index (χ1v) is 12.0. The number of hydrogen-bond acceptors (Lipinski definition) is 5. The molecule has 2 aliphatic heterocycles. The van der Waals surface area contributed by atoms with Crippen LogP contribution < -0.4 is 14.5 Å². The van der Waals surface area contributed by atoms with E-state index in [1.165, 1.54) is 11.0 Å². The van der Waals surface area contributed by atoms with Crippen LogP contribution in [0.15, 0.2) is 64.7 Å². The highest BCUT2D eigenvalue weighted by molar-refractivity contribution is 9.10. The molecule has 0 bridgehead atoms. The number of anilines is 2. The number of halogens is 1. The Bertz CT molecular complexity index is 1220. The number of carbonyl (C=O) groups is 4. The first-order chi connectivity index (χ1) is 16.3. The summed E-state index contributed by atoms with van der Waals surface area (Å²) in [6.45, 7) is 2.21. The van der Waals surface area contributed by atoms with Gasteiger partial charge in [-0.25, -0.2) is 4.90 Å². The van der Waals surface area contributed by atoms with Crippen LogP contribution in [0.2, 0.25) is 0 Å². The van der Waals surface area contributed by atoms with E-state index in [9.17, 15) is 19.2 Å². The van der Waals surface area contributed by atoms with E-state index < -0.39 is 11.9 Å². The Morgan fingerprint density at radius 3 is 2.47 bits per heavy atom. The maximum absolute atomic E-state index is 13.0. The minimum atomic E-state index is -0.605. The van der Waals surface area contributed by atoms with Gasteiger partial charge in [0, 0.05) is 29.2 Å². The van der Waals surface area contributed by atoms with E-state index in [0.29, 0.717) is 18.5 Å². The number of imide groups is 1. The molecule has 3 amide bonds. The van der Waals surface area contributed by atoms with E-state index in [-0.39, 0.29) is 48.3 Å². The molecule has 0 aromatic heterocycles. The van der Waals surface area contributed by atoms with Gasteiger partial charge in [-0.15, -0.1) is 0 Å². The van der Waals surface area contributed by atoms with E-state index in [1.54, 1.807) is 23.1 Å². The highest BCUT2D eigenvalue weighted by atomic mass is 79.9. The van der Waals surface area contributed by atoms with Crippen molar-refractivity contribution in [2.24, 2.45) is 17.8 Å². The van der Waals surface area contributed by atoms with Crippen LogP contribution in [0.5, 0.6) is 5.75 Å². The first-order valence-electron chi connectivity index (χ1n) is 11.2. The quantitative estimate of drug-likeness (QED) is 0.259. The fourth-order valence-electron chi connectivity index (χ4n) is 4.91. The lowest BCUT2D eigenvalue weighted by atomic mass is 9.82. The minimum Gasteiger partial charge on any atom is -0.426 e. The second-order valence-corrected chi connectivity index (χ2v) is 9.93. The van der Waals surface area contributed by atoms with E-state index in [1.807, 2.05) is 37.3 Å². The molecule has 8 heteroatoms. The molecule has 0 unspecified atom stereocenters. The van der Waals surface area contributed by atoms with Crippen molar-refractivity contribution in [1.82, 2.24) is 0 Å². The number of fused-ring (bicyclic) bond motifs is 1. The number of esters is 1. The molecule has 1 aliphatic carbocycles. The van der Waals surface area contributed by atoms with Crippen molar-refractivity contribution in [2.45, 2.75) is 26.2 Å². The predicted molar refractivity (Wildman–Crippen MR) is 129 cm³/mol. The molecular formula is C26H23BrN2O5. The molecule has 0 saturated carbocycles. The topological polar surface area (TPSA) is 84.0 Å². The Kier molecular flexibility index (Phi) is 5.85. The van der Waals surface area contributed by atoms with Gasteiger partial charge in [-0.05, 0) is 56.2 Å². The normalized spacial score (nSPS) is 24.4. The molecular weight excluding hydrogens is 500 g/mol. The van der Waals surface area contributed by atoms with E-state index in [2.05, 4.69) is 15.9 Å². The molecule has 2 saturated heterocycles. The van der Waals surface area contributed by atoms with E-state index >= 15 is 0 Å². The van der Waals surface area contributed by atoms with Crippen molar-refractivity contribution in [2.75, 3.05) is 16.3 Å². The molecule has 5 rings (SSSR count). The van der Waals surface area contributed by atoms with Crippen molar-refractivity contribution in [3.05, 3.63) is 64.7 Å². The fourth-order valence-corrected chi connectivity index (χ4v) is 5.18. The zero-order chi connectivity index (χ0) is 24.0. The van der Waals surface area contributed by atoms with Crippen LogP contribution in [0.25, 0.3) is 0 Å². The number of hydrogen-bond donors (Lipinski definition) is 0. The van der Waals surface area contributed by atoms with Gasteiger partial charge in [0.25, 0.3) is 0 Å². The second-order valence-electron chi connectivity index (χ2n) is 9.02. The molecule has 0 radical (unpaired) electrons. The Morgan fingerprint density at radius 2 is 1.71 bits per heavy atom. The average Bonchev–Trinajstić information content (AvgIpc) is 3.32. The lowest BCUT2D eigenvalue weighted by Gasteiger charge is -2.18. The van der Waals surface area contributed by atoms with Crippen LogP contribution in [0.1, 0.15) is 26.2 Å². The lowest BCUT2D eigenvalue weighted by Crippen LogP contribution is -2.31. The van der Waals surface area contributed by atoms with Gasteiger partial charge in [0.15, 0.2) is 0 Å². The summed E-state index contributed by atoms with van der Waals surface area (Å²) in [4.78, 5) is 54.1. The first kappa shape index (κ1) is 22.5. The van der Waals surface area contributed by atoms with Crippen molar-refractivity contribution in [3.63, 3.8) is 0 Å².